The zero-order chi connectivity index (χ0) is 17.1. The van der Waals surface area contributed by atoms with Gasteiger partial charge < -0.3 is 10.4 Å². The first-order chi connectivity index (χ1) is 10.8. The van der Waals surface area contributed by atoms with Crippen LogP contribution >= 0.6 is 23.2 Å². The normalized spacial score (nSPS) is 20.2. The first-order valence-corrected chi connectivity index (χ1v) is 7.93. The van der Waals surface area contributed by atoms with Gasteiger partial charge in [0.15, 0.2) is 0 Å². The summed E-state index contributed by atoms with van der Waals surface area (Å²) in [6, 6.07) is 2.83. The molecule has 0 aliphatic heterocycles. The lowest BCUT2D eigenvalue weighted by molar-refractivity contribution is -0.384. The molecule has 2 N–H and O–H groups in total. The molecular formula is C14H17Cl2N3O4. The molecule has 0 amide bonds. The molecule has 1 aliphatic rings. The second-order valence-electron chi connectivity index (χ2n) is 5.46. The second kappa shape index (κ2) is 7.33. The predicted octanol–water partition coefficient (Wildman–Crippen LogP) is 3.25. The fraction of sp³-hybridized carbons (Fsp3) is 0.500. The first-order valence-electron chi connectivity index (χ1n) is 7.17. The smallest absolute Gasteiger partial charge is 0.317 e. The summed E-state index contributed by atoms with van der Waals surface area (Å²) in [6.07, 6.45) is 1.54. The van der Waals surface area contributed by atoms with E-state index < -0.39 is 10.9 Å². The zero-order valence-electron chi connectivity index (χ0n) is 12.5. The van der Waals surface area contributed by atoms with Crippen molar-refractivity contribution in [1.82, 2.24) is 4.90 Å². The molecule has 0 bridgehead atoms. The lowest BCUT2D eigenvalue weighted by Crippen LogP contribution is -2.51. The lowest BCUT2D eigenvalue weighted by Gasteiger charge is -2.42. The number of nitro benzene ring substituents is 1. The number of carboxylic acid groups (broad SMARTS) is 1. The highest BCUT2D eigenvalue weighted by Gasteiger charge is 2.34. The van der Waals surface area contributed by atoms with Crippen molar-refractivity contribution in [3.05, 3.63) is 32.3 Å². The summed E-state index contributed by atoms with van der Waals surface area (Å²) in [4.78, 5) is 22.9. The number of halogens is 2. The number of nitrogens with zero attached hydrogens (tertiary/aromatic N) is 2. The van der Waals surface area contributed by atoms with E-state index >= 15 is 0 Å². The Balaban J connectivity index is 1.98. The minimum absolute atomic E-state index is 0.0208. The quantitative estimate of drug-likeness (QED) is 0.571. The minimum atomic E-state index is -0.843. The highest BCUT2D eigenvalue weighted by Crippen LogP contribution is 2.38. The van der Waals surface area contributed by atoms with Crippen LogP contribution in [0.4, 0.5) is 11.4 Å². The van der Waals surface area contributed by atoms with Crippen molar-refractivity contribution in [3.8, 4) is 0 Å². The van der Waals surface area contributed by atoms with Crippen LogP contribution in [-0.4, -0.2) is 46.1 Å². The molecule has 1 aromatic carbocycles. The molecule has 2 rings (SSSR count). The maximum absolute atomic E-state index is 10.8. The van der Waals surface area contributed by atoms with Crippen LogP contribution in [0.1, 0.15) is 19.8 Å². The first kappa shape index (κ1) is 17.8. The second-order valence-corrected chi connectivity index (χ2v) is 6.28. The number of nitro groups is 1. The maximum atomic E-state index is 10.8. The van der Waals surface area contributed by atoms with Crippen LogP contribution in [-0.2, 0) is 4.79 Å². The van der Waals surface area contributed by atoms with Gasteiger partial charge >= 0.3 is 5.97 Å². The topological polar surface area (TPSA) is 95.7 Å². The van der Waals surface area contributed by atoms with Crippen molar-refractivity contribution in [2.24, 2.45) is 0 Å². The summed E-state index contributed by atoms with van der Waals surface area (Å²) in [5.41, 5.74) is 0.319. The number of rotatable bonds is 7. The van der Waals surface area contributed by atoms with Crippen molar-refractivity contribution in [3.63, 3.8) is 0 Å². The largest absolute Gasteiger partial charge is 0.480 e. The van der Waals surface area contributed by atoms with Crippen LogP contribution in [0, 0.1) is 10.1 Å². The van der Waals surface area contributed by atoms with Gasteiger partial charge in [0, 0.05) is 24.2 Å². The van der Waals surface area contributed by atoms with Gasteiger partial charge in [-0.15, -0.1) is 0 Å². The predicted molar refractivity (Wildman–Crippen MR) is 88.4 cm³/mol. The maximum Gasteiger partial charge on any atom is 0.317 e. The summed E-state index contributed by atoms with van der Waals surface area (Å²) in [5.74, 6) is -0.843. The molecule has 1 aliphatic carbocycles. The zero-order valence-corrected chi connectivity index (χ0v) is 14.0. The number of likely N-dealkylation sites (N-methyl/N-ethyl adjacent to an activating group) is 1. The highest BCUT2D eigenvalue weighted by molar-refractivity contribution is 6.39. The average molecular weight is 362 g/mol. The molecule has 0 unspecified atom stereocenters. The summed E-state index contributed by atoms with van der Waals surface area (Å²) in [5, 5.41) is 23.2. The third kappa shape index (κ3) is 4.25. The van der Waals surface area contributed by atoms with Crippen molar-refractivity contribution >= 4 is 40.5 Å². The van der Waals surface area contributed by atoms with Crippen molar-refractivity contribution in [2.75, 3.05) is 18.4 Å². The number of benzene rings is 1. The van der Waals surface area contributed by atoms with E-state index in [1.165, 1.54) is 12.1 Å². The molecule has 0 saturated heterocycles. The molecule has 23 heavy (non-hydrogen) atoms. The molecule has 0 radical (unpaired) electrons. The van der Waals surface area contributed by atoms with Gasteiger partial charge in [-0.1, -0.05) is 30.1 Å². The summed E-state index contributed by atoms with van der Waals surface area (Å²) >= 11 is 12.1. The lowest BCUT2D eigenvalue weighted by atomic mass is 9.85. The van der Waals surface area contributed by atoms with Gasteiger partial charge in [0.1, 0.15) is 0 Å². The van der Waals surface area contributed by atoms with Crippen molar-refractivity contribution < 1.29 is 14.8 Å². The summed E-state index contributed by atoms with van der Waals surface area (Å²) < 4.78 is 0. The Hall–Kier alpha value is -1.57. The monoisotopic (exact) mass is 361 g/mol. The Kier molecular flexibility index (Phi) is 5.67. The van der Waals surface area contributed by atoms with E-state index in [9.17, 15) is 14.9 Å². The van der Waals surface area contributed by atoms with Crippen molar-refractivity contribution in [1.29, 1.82) is 0 Å². The number of anilines is 1. The molecule has 0 heterocycles. The molecule has 0 aromatic heterocycles. The number of hydrogen-bond donors (Lipinski definition) is 2. The molecule has 126 valence electrons. The van der Waals surface area contributed by atoms with E-state index in [-0.39, 0.29) is 34.4 Å². The third-order valence-corrected chi connectivity index (χ3v) is 4.56. The van der Waals surface area contributed by atoms with E-state index in [1.807, 2.05) is 11.8 Å². The molecule has 0 spiro atoms. The van der Waals surface area contributed by atoms with E-state index in [4.69, 9.17) is 28.3 Å². The number of carboxylic acids is 1. The Bertz CT molecular complexity index is 597. The third-order valence-electron chi connectivity index (χ3n) is 3.96. The average Bonchev–Trinajstić information content (AvgIpc) is 2.41. The number of hydrogen-bond acceptors (Lipinski definition) is 5. The van der Waals surface area contributed by atoms with Gasteiger partial charge in [0.25, 0.3) is 5.69 Å². The van der Waals surface area contributed by atoms with Crippen LogP contribution in [0.3, 0.4) is 0 Å². The van der Waals surface area contributed by atoms with Gasteiger partial charge in [0.2, 0.25) is 0 Å². The van der Waals surface area contributed by atoms with Gasteiger partial charge in [-0.2, -0.15) is 0 Å². The molecule has 0 atom stereocenters. The fourth-order valence-electron chi connectivity index (χ4n) is 2.68. The number of nitrogens with one attached hydrogen (secondary N) is 1. The van der Waals surface area contributed by atoms with Crippen LogP contribution in [0.5, 0.6) is 0 Å². The SMILES string of the molecule is CCN(CC(=O)O)C1CC(Nc2c(Cl)cc([N+](=O)[O-])cc2Cl)C1. The van der Waals surface area contributed by atoms with Crippen molar-refractivity contribution in [2.45, 2.75) is 31.8 Å². The molecule has 1 saturated carbocycles. The van der Waals surface area contributed by atoms with Crippen LogP contribution < -0.4 is 5.32 Å². The van der Waals surface area contributed by atoms with E-state index in [0.29, 0.717) is 12.2 Å². The molecule has 7 nitrogen and oxygen atoms in total. The number of carbonyl (C=O) groups is 1. The summed E-state index contributed by atoms with van der Waals surface area (Å²) in [6.45, 7) is 2.61. The van der Waals surface area contributed by atoms with Gasteiger partial charge in [-0.25, -0.2) is 0 Å². The minimum Gasteiger partial charge on any atom is -0.480 e. The Morgan fingerprint density at radius 1 is 1.43 bits per heavy atom. The Morgan fingerprint density at radius 2 is 2.00 bits per heavy atom. The standard InChI is InChI=1S/C14H17Cl2N3O4/c1-2-18(7-13(20)21)9-3-8(4-9)17-14-11(15)5-10(19(22)23)6-12(14)16/h5-6,8-9,17H,2-4,7H2,1H3,(H,20,21). The fourth-order valence-corrected chi connectivity index (χ4v) is 3.27. The number of non-ortho nitro benzene ring substituents is 1. The van der Waals surface area contributed by atoms with Gasteiger partial charge in [-0.05, 0) is 19.4 Å². The molecular weight excluding hydrogens is 345 g/mol. The van der Waals surface area contributed by atoms with E-state index in [0.717, 1.165) is 12.8 Å². The molecule has 1 aromatic rings. The number of aliphatic carboxylic acids is 1. The van der Waals surface area contributed by atoms with Crippen LogP contribution in [0.2, 0.25) is 10.0 Å². The van der Waals surface area contributed by atoms with E-state index in [1.54, 1.807) is 0 Å². The van der Waals surface area contributed by atoms with Gasteiger partial charge in [0.05, 0.1) is 27.2 Å². The molecule has 9 heteroatoms. The summed E-state index contributed by atoms with van der Waals surface area (Å²) in [7, 11) is 0. The van der Waals surface area contributed by atoms with Crippen LogP contribution in [0.15, 0.2) is 12.1 Å². The molecule has 1 fully saturated rings. The van der Waals surface area contributed by atoms with Gasteiger partial charge in [-0.3, -0.25) is 19.8 Å². The Morgan fingerprint density at radius 3 is 2.43 bits per heavy atom. The highest BCUT2D eigenvalue weighted by atomic mass is 35.5. The van der Waals surface area contributed by atoms with E-state index in [2.05, 4.69) is 5.32 Å². The Labute approximate surface area is 143 Å². The van der Waals surface area contributed by atoms with Crippen LogP contribution in [0.25, 0.3) is 0 Å².